The van der Waals surface area contributed by atoms with E-state index in [1.54, 1.807) is 25.3 Å². The lowest BCUT2D eigenvalue weighted by Gasteiger charge is -2.16. The average Bonchev–Trinajstić information content (AvgIpc) is 2.48. The Kier molecular flexibility index (Phi) is 5.34. The molecule has 112 valence electrons. The van der Waals surface area contributed by atoms with Gasteiger partial charge < -0.3 is 15.2 Å². The normalized spacial score (nSPS) is 12.0. The van der Waals surface area contributed by atoms with Crippen molar-refractivity contribution in [2.24, 2.45) is 0 Å². The highest BCUT2D eigenvalue weighted by Crippen LogP contribution is 2.27. The number of halogens is 2. The molecule has 21 heavy (non-hydrogen) atoms. The molecule has 3 nitrogen and oxygen atoms in total. The Balaban J connectivity index is 2.07. The third kappa shape index (κ3) is 4.03. The van der Waals surface area contributed by atoms with Gasteiger partial charge in [-0.25, -0.2) is 0 Å². The molecule has 0 saturated heterocycles. The second kappa shape index (κ2) is 7.03. The molecule has 5 heteroatoms. The van der Waals surface area contributed by atoms with Crippen LogP contribution >= 0.6 is 23.2 Å². The van der Waals surface area contributed by atoms with E-state index in [4.69, 9.17) is 27.9 Å². The molecule has 1 atom stereocenters. The van der Waals surface area contributed by atoms with E-state index >= 15 is 0 Å². The third-order valence-corrected chi connectivity index (χ3v) is 3.82. The molecule has 0 saturated carbocycles. The molecule has 0 spiro atoms. The van der Waals surface area contributed by atoms with E-state index < -0.39 is 6.10 Å². The zero-order chi connectivity index (χ0) is 15.4. The Morgan fingerprint density at radius 1 is 1.19 bits per heavy atom. The molecule has 0 aliphatic rings. The monoisotopic (exact) mass is 325 g/mol. The molecule has 0 fully saturated rings. The van der Waals surface area contributed by atoms with Gasteiger partial charge in [0.05, 0.1) is 13.2 Å². The van der Waals surface area contributed by atoms with Gasteiger partial charge in [-0.05, 0) is 48.9 Å². The molecule has 0 aliphatic heterocycles. The molecule has 0 amide bonds. The van der Waals surface area contributed by atoms with Gasteiger partial charge in [0.15, 0.2) is 0 Å². The zero-order valence-corrected chi connectivity index (χ0v) is 13.4. The van der Waals surface area contributed by atoms with Crippen LogP contribution in [0.4, 0.5) is 5.69 Å². The molecule has 0 bridgehead atoms. The highest BCUT2D eigenvalue weighted by atomic mass is 35.5. The van der Waals surface area contributed by atoms with Gasteiger partial charge in [-0.2, -0.15) is 0 Å². The molecule has 0 aliphatic carbocycles. The van der Waals surface area contributed by atoms with Crippen LogP contribution in [0, 0.1) is 6.92 Å². The Labute approximate surface area is 134 Å². The summed E-state index contributed by atoms with van der Waals surface area (Å²) in [6.45, 7) is 2.32. The number of aliphatic hydroxyl groups is 1. The van der Waals surface area contributed by atoms with Gasteiger partial charge >= 0.3 is 0 Å². The first kappa shape index (κ1) is 16.0. The van der Waals surface area contributed by atoms with Crippen LogP contribution in [0.2, 0.25) is 10.0 Å². The minimum Gasteiger partial charge on any atom is -0.497 e. The number of nitrogens with one attached hydrogen (secondary N) is 1. The maximum atomic E-state index is 10.2. The van der Waals surface area contributed by atoms with Crippen molar-refractivity contribution in [3.05, 3.63) is 57.6 Å². The highest BCUT2D eigenvalue weighted by Gasteiger charge is 2.12. The van der Waals surface area contributed by atoms with E-state index in [0.717, 1.165) is 17.0 Å². The number of aryl methyl sites for hydroxylation is 1. The number of benzene rings is 2. The van der Waals surface area contributed by atoms with Crippen molar-refractivity contribution in [1.29, 1.82) is 0 Å². The fraction of sp³-hybridized carbons (Fsp3) is 0.250. The summed E-state index contributed by atoms with van der Waals surface area (Å²) in [5.74, 6) is 0.802. The number of hydrogen-bond acceptors (Lipinski definition) is 3. The first-order valence-corrected chi connectivity index (χ1v) is 7.28. The highest BCUT2D eigenvalue weighted by molar-refractivity contribution is 6.33. The van der Waals surface area contributed by atoms with Crippen LogP contribution in [0.1, 0.15) is 17.2 Å². The topological polar surface area (TPSA) is 41.5 Å². The molecule has 2 aromatic rings. The summed E-state index contributed by atoms with van der Waals surface area (Å²) in [6.07, 6.45) is -0.738. The largest absolute Gasteiger partial charge is 0.497 e. The van der Waals surface area contributed by atoms with Crippen molar-refractivity contribution in [1.82, 2.24) is 0 Å². The maximum absolute atomic E-state index is 10.2. The predicted octanol–water partition coefficient (Wildman–Crippen LogP) is 4.46. The maximum Gasteiger partial charge on any atom is 0.119 e. The van der Waals surface area contributed by atoms with Crippen molar-refractivity contribution in [2.45, 2.75) is 13.0 Å². The summed E-state index contributed by atoms with van der Waals surface area (Å²) in [6, 6.07) is 10.8. The van der Waals surface area contributed by atoms with Gasteiger partial charge in [0.25, 0.3) is 0 Å². The number of rotatable bonds is 5. The standard InChI is InChI=1S/C16H17Cl2NO2/c1-10-7-12(21-2)4-6-15(10)19-9-16(20)13-8-11(17)3-5-14(13)18/h3-8,16,19-20H,9H2,1-2H3. The van der Waals surface area contributed by atoms with E-state index in [9.17, 15) is 5.11 Å². The lowest BCUT2D eigenvalue weighted by atomic mass is 10.1. The number of methoxy groups -OCH3 is 1. The number of anilines is 1. The Bertz CT molecular complexity index is 632. The lowest BCUT2D eigenvalue weighted by Crippen LogP contribution is -2.13. The van der Waals surface area contributed by atoms with Gasteiger partial charge in [-0.3, -0.25) is 0 Å². The Hall–Kier alpha value is -1.42. The van der Waals surface area contributed by atoms with Crippen LogP contribution in [-0.2, 0) is 0 Å². The van der Waals surface area contributed by atoms with E-state index in [-0.39, 0.29) is 0 Å². The SMILES string of the molecule is COc1ccc(NCC(O)c2cc(Cl)ccc2Cl)c(C)c1. The summed E-state index contributed by atoms with van der Waals surface area (Å²) in [5, 5.41) is 14.5. The number of aliphatic hydroxyl groups excluding tert-OH is 1. The van der Waals surface area contributed by atoms with E-state index in [0.29, 0.717) is 22.2 Å². The van der Waals surface area contributed by atoms with E-state index in [1.165, 1.54) is 0 Å². The van der Waals surface area contributed by atoms with Crippen molar-refractivity contribution >= 4 is 28.9 Å². The van der Waals surface area contributed by atoms with Crippen molar-refractivity contribution in [2.75, 3.05) is 19.0 Å². The van der Waals surface area contributed by atoms with Gasteiger partial charge in [0, 0.05) is 27.8 Å². The molecular weight excluding hydrogens is 309 g/mol. The summed E-state index contributed by atoms with van der Waals surface area (Å²) in [7, 11) is 1.63. The van der Waals surface area contributed by atoms with Crippen molar-refractivity contribution in [3.8, 4) is 5.75 Å². The lowest BCUT2D eigenvalue weighted by molar-refractivity contribution is 0.191. The van der Waals surface area contributed by atoms with Gasteiger partial charge in [-0.1, -0.05) is 23.2 Å². The van der Waals surface area contributed by atoms with Gasteiger partial charge in [0.1, 0.15) is 5.75 Å². The van der Waals surface area contributed by atoms with Crippen LogP contribution in [0.3, 0.4) is 0 Å². The minimum atomic E-state index is -0.738. The fourth-order valence-corrected chi connectivity index (χ4v) is 2.47. The zero-order valence-electron chi connectivity index (χ0n) is 11.9. The van der Waals surface area contributed by atoms with Gasteiger partial charge in [-0.15, -0.1) is 0 Å². The third-order valence-electron chi connectivity index (χ3n) is 3.24. The minimum absolute atomic E-state index is 0.341. The van der Waals surface area contributed by atoms with Crippen molar-refractivity contribution < 1.29 is 9.84 Å². The number of ether oxygens (including phenoxy) is 1. The molecule has 1 unspecified atom stereocenters. The second-order valence-corrected chi connectivity index (χ2v) is 5.59. The molecule has 2 aromatic carbocycles. The Morgan fingerprint density at radius 3 is 2.62 bits per heavy atom. The smallest absolute Gasteiger partial charge is 0.119 e. The Morgan fingerprint density at radius 2 is 1.95 bits per heavy atom. The van der Waals surface area contributed by atoms with Crippen LogP contribution in [0.25, 0.3) is 0 Å². The fourth-order valence-electron chi connectivity index (χ4n) is 2.05. The molecule has 0 heterocycles. The summed E-state index contributed by atoms with van der Waals surface area (Å²) in [4.78, 5) is 0. The molecule has 2 N–H and O–H groups in total. The van der Waals surface area contributed by atoms with Crippen molar-refractivity contribution in [3.63, 3.8) is 0 Å². The predicted molar refractivity (Wildman–Crippen MR) is 87.6 cm³/mol. The summed E-state index contributed by atoms with van der Waals surface area (Å²) < 4.78 is 5.16. The molecule has 0 radical (unpaired) electrons. The quantitative estimate of drug-likeness (QED) is 0.852. The first-order valence-electron chi connectivity index (χ1n) is 6.53. The number of hydrogen-bond donors (Lipinski definition) is 2. The average molecular weight is 326 g/mol. The molecule has 0 aromatic heterocycles. The summed E-state index contributed by atoms with van der Waals surface area (Å²) >= 11 is 12.0. The molecular formula is C16H17Cl2NO2. The van der Waals surface area contributed by atoms with Crippen LogP contribution in [0.15, 0.2) is 36.4 Å². The second-order valence-electron chi connectivity index (χ2n) is 4.74. The summed E-state index contributed by atoms with van der Waals surface area (Å²) in [5.41, 5.74) is 2.59. The van der Waals surface area contributed by atoms with E-state index in [2.05, 4.69) is 5.32 Å². The van der Waals surface area contributed by atoms with E-state index in [1.807, 2.05) is 25.1 Å². The molecule has 2 rings (SSSR count). The van der Waals surface area contributed by atoms with Crippen LogP contribution in [0.5, 0.6) is 5.75 Å². The van der Waals surface area contributed by atoms with Gasteiger partial charge in [0.2, 0.25) is 0 Å². The van der Waals surface area contributed by atoms with Crippen LogP contribution < -0.4 is 10.1 Å². The first-order chi connectivity index (χ1) is 10.0. The van der Waals surface area contributed by atoms with Crippen LogP contribution in [-0.4, -0.2) is 18.8 Å².